The average Bonchev–Trinajstić information content (AvgIpc) is 2.21. The van der Waals surface area contributed by atoms with Gasteiger partial charge in [0.15, 0.2) is 0 Å². The fourth-order valence-corrected chi connectivity index (χ4v) is 1.59. The van der Waals surface area contributed by atoms with Gasteiger partial charge in [0.25, 0.3) is 0 Å². The molecule has 2 aliphatic heterocycles. The van der Waals surface area contributed by atoms with Gasteiger partial charge in [-0.25, -0.2) is 0 Å². The van der Waals surface area contributed by atoms with Crippen molar-refractivity contribution in [2.24, 2.45) is 0 Å². The topological polar surface area (TPSA) is 6.48 Å². The van der Waals surface area contributed by atoms with Crippen LogP contribution < -0.4 is 0 Å². The Morgan fingerprint density at radius 1 is 0.867 bits per heavy atom. The van der Waals surface area contributed by atoms with Gasteiger partial charge in [-0.15, -0.1) is 12.4 Å². The monoisotopic (exact) mass is 224 g/mol. The minimum Gasteiger partial charge on any atom is -0.377 e. The molecule has 0 aromatic carbocycles. The molecule has 0 radical (unpaired) electrons. The Morgan fingerprint density at radius 2 is 1.27 bits per heavy atom. The molecule has 0 aromatic rings. The SMILES string of the molecule is CN1C=CC(C2=CCN(C)C=C2)=CC1.Cl. The van der Waals surface area contributed by atoms with Gasteiger partial charge in [0.05, 0.1) is 0 Å². The minimum absolute atomic E-state index is 0. The van der Waals surface area contributed by atoms with Gasteiger partial charge in [0, 0.05) is 27.2 Å². The summed E-state index contributed by atoms with van der Waals surface area (Å²) in [6, 6.07) is 0. The third-order valence-electron chi connectivity index (χ3n) is 2.55. The molecule has 2 nitrogen and oxygen atoms in total. The Kier molecular flexibility index (Phi) is 4.04. The van der Waals surface area contributed by atoms with E-state index >= 15 is 0 Å². The van der Waals surface area contributed by atoms with Crippen LogP contribution in [0, 0.1) is 0 Å². The van der Waals surface area contributed by atoms with Crippen molar-refractivity contribution in [3.05, 3.63) is 47.9 Å². The highest BCUT2D eigenvalue weighted by Crippen LogP contribution is 2.19. The molecule has 0 aromatic heterocycles. The second kappa shape index (κ2) is 5.08. The lowest BCUT2D eigenvalue weighted by molar-refractivity contribution is 0.498. The van der Waals surface area contributed by atoms with E-state index < -0.39 is 0 Å². The molecule has 0 saturated heterocycles. The van der Waals surface area contributed by atoms with E-state index in [2.05, 4.69) is 60.6 Å². The van der Waals surface area contributed by atoms with Gasteiger partial charge >= 0.3 is 0 Å². The van der Waals surface area contributed by atoms with Gasteiger partial charge in [-0.2, -0.15) is 0 Å². The number of nitrogens with zero attached hydrogens (tertiary/aromatic N) is 2. The average molecular weight is 225 g/mol. The molecular formula is C12H17ClN2. The Labute approximate surface area is 97.7 Å². The fourth-order valence-electron chi connectivity index (χ4n) is 1.59. The van der Waals surface area contributed by atoms with Gasteiger partial charge in [-0.3, -0.25) is 0 Å². The minimum atomic E-state index is 0. The van der Waals surface area contributed by atoms with Crippen molar-refractivity contribution in [2.75, 3.05) is 27.2 Å². The molecule has 0 atom stereocenters. The molecule has 0 bridgehead atoms. The summed E-state index contributed by atoms with van der Waals surface area (Å²) in [5.41, 5.74) is 2.68. The second-order valence-corrected chi connectivity index (χ2v) is 3.83. The summed E-state index contributed by atoms with van der Waals surface area (Å²) in [4.78, 5) is 4.34. The zero-order chi connectivity index (χ0) is 9.97. The fraction of sp³-hybridized carbons (Fsp3) is 0.333. The van der Waals surface area contributed by atoms with Crippen molar-refractivity contribution >= 4 is 12.4 Å². The first-order valence-corrected chi connectivity index (χ1v) is 4.93. The summed E-state index contributed by atoms with van der Waals surface area (Å²) >= 11 is 0. The van der Waals surface area contributed by atoms with Crippen molar-refractivity contribution in [3.63, 3.8) is 0 Å². The van der Waals surface area contributed by atoms with Gasteiger partial charge in [-0.05, 0) is 35.7 Å². The number of hydrogen-bond acceptors (Lipinski definition) is 2. The first-order valence-electron chi connectivity index (χ1n) is 4.93. The van der Waals surface area contributed by atoms with Crippen LogP contribution >= 0.6 is 12.4 Å². The molecule has 0 spiro atoms. The largest absolute Gasteiger partial charge is 0.377 e. The van der Waals surface area contributed by atoms with Crippen LogP contribution in [0.1, 0.15) is 0 Å². The van der Waals surface area contributed by atoms with Crippen LogP contribution in [0.3, 0.4) is 0 Å². The molecular weight excluding hydrogens is 208 g/mol. The standard InChI is InChI=1S/C12H16N2.ClH/c1-13-7-3-11(4-8-13)12-5-9-14(2)10-6-12;/h3-7,9H,8,10H2,1-2H3;1H. The van der Waals surface area contributed by atoms with Crippen molar-refractivity contribution < 1.29 is 0 Å². The molecule has 2 heterocycles. The predicted octanol–water partition coefficient (Wildman–Crippen LogP) is 2.18. The van der Waals surface area contributed by atoms with Crippen LogP contribution in [0.2, 0.25) is 0 Å². The van der Waals surface area contributed by atoms with Crippen LogP contribution in [0.15, 0.2) is 47.9 Å². The molecule has 0 amide bonds. The molecule has 0 saturated carbocycles. The van der Waals surface area contributed by atoms with Crippen LogP contribution in [0.4, 0.5) is 0 Å². The summed E-state index contributed by atoms with van der Waals surface area (Å²) in [5.74, 6) is 0. The summed E-state index contributed by atoms with van der Waals surface area (Å²) in [7, 11) is 4.17. The van der Waals surface area contributed by atoms with E-state index in [0.717, 1.165) is 13.1 Å². The summed E-state index contributed by atoms with van der Waals surface area (Å²) < 4.78 is 0. The third kappa shape index (κ3) is 2.90. The Bertz CT molecular complexity index is 306. The van der Waals surface area contributed by atoms with Crippen molar-refractivity contribution in [2.45, 2.75) is 0 Å². The summed E-state index contributed by atoms with van der Waals surface area (Å²) in [6.07, 6.45) is 13.1. The quantitative estimate of drug-likeness (QED) is 0.674. The first kappa shape index (κ1) is 11.9. The highest BCUT2D eigenvalue weighted by atomic mass is 35.5. The molecule has 0 N–H and O–H groups in total. The Balaban J connectivity index is 0.00000112. The van der Waals surface area contributed by atoms with E-state index in [9.17, 15) is 0 Å². The molecule has 82 valence electrons. The smallest absolute Gasteiger partial charge is 0.0359 e. The van der Waals surface area contributed by atoms with Crippen LogP contribution in [-0.2, 0) is 0 Å². The molecule has 2 rings (SSSR count). The summed E-state index contributed by atoms with van der Waals surface area (Å²) in [5, 5.41) is 0. The van der Waals surface area contributed by atoms with Crippen LogP contribution in [0.5, 0.6) is 0 Å². The number of rotatable bonds is 1. The van der Waals surface area contributed by atoms with Crippen molar-refractivity contribution in [3.8, 4) is 0 Å². The van der Waals surface area contributed by atoms with E-state index in [1.807, 2.05) is 0 Å². The molecule has 3 heteroatoms. The molecule has 0 unspecified atom stereocenters. The van der Waals surface area contributed by atoms with E-state index in [0.29, 0.717) is 0 Å². The highest BCUT2D eigenvalue weighted by molar-refractivity contribution is 5.85. The maximum Gasteiger partial charge on any atom is 0.0359 e. The maximum atomic E-state index is 2.27. The van der Waals surface area contributed by atoms with E-state index in [1.165, 1.54) is 11.1 Å². The van der Waals surface area contributed by atoms with Gasteiger partial charge < -0.3 is 9.80 Å². The lowest BCUT2D eigenvalue weighted by atomic mass is 10.0. The first-order chi connectivity index (χ1) is 6.75. The molecule has 15 heavy (non-hydrogen) atoms. The van der Waals surface area contributed by atoms with Crippen molar-refractivity contribution in [1.29, 1.82) is 0 Å². The predicted molar refractivity (Wildman–Crippen MR) is 67.0 cm³/mol. The lowest BCUT2D eigenvalue weighted by Gasteiger charge is -2.21. The number of halogens is 1. The zero-order valence-corrected chi connectivity index (χ0v) is 10.00. The molecule has 0 aliphatic carbocycles. The summed E-state index contributed by atoms with van der Waals surface area (Å²) in [6.45, 7) is 2.01. The normalized spacial score (nSPS) is 19.6. The number of allylic oxidation sites excluding steroid dienone is 4. The number of hydrogen-bond donors (Lipinski definition) is 0. The molecule has 0 fully saturated rings. The zero-order valence-electron chi connectivity index (χ0n) is 9.18. The van der Waals surface area contributed by atoms with Crippen molar-refractivity contribution in [1.82, 2.24) is 9.80 Å². The van der Waals surface area contributed by atoms with Gasteiger partial charge in [0.2, 0.25) is 0 Å². The Hall–Kier alpha value is -1.15. The van der Waals surface area contributed by atoms with E-state index in [-0.39, 0.29) is 12.4 Å². The van der Waals surface area contributed by atoms with Gasteiger partial charge in [0.1, 0.15) is 0 Å². The van der Waals surface area contributed by atoms with E-state index in [4.69, 9.17) is 0 Å². The van der Waals surface area contributed by atoms with Crippen LogP contribution in [0.25, 0.3) is 0 Å². The highest BCUT2D eigenvalue weighted by Gasteiger charge is 2.06. The Morgan fingerprint density at radius 3 is 1.53 bits per heavy atom. The van der Waals surface area contributed by atoms with Crippen LogP contribution in [-0.4, -0.2) is 37.0 Å². The maximum absolute atomic E-state index is 2.27. The van der Waals surface area contributed by atoms with Gasteiger partial charge in [-0.1, -0.05) is 12.2 Å². The number of likely N-dealkylation sites (N-methyl/N-ethyl adjacent to an activating group) is 2. The van der Waals surface area contributed by atoms with E-state index in [1.54, 1.807) is 0 Å². The molecule has 2 aliphatic rings. The lowest BCUT2D eigenvalue weighted by Crippen LogP contribution is -2.16. The third-order valence-corrected chi connectivity index (χ3v) is 2.55. The second-order valence-electron chi connectivity index (χ2n) is 3.83.